The summed E-state index contributed by atoms with van der Waals surface area (Å²) < 4.78 is 16.3. The molecule has 0 aliphatic heterocycles. The van der Waals surface area contributed by atoms with Gasteiger partial charge in [-0.25, -0.2) is 0 Å². The van der Waals surface area contributed by atoms with Gasteiger partial charge in [0.05, 0.1) is 5.39 Å². The number of hydrogen-bond acceptors (Lipinski definition) is 3. The Labute approximate surface area is 285 Å². The van der Waals surface area contributed by atoms with Crippen molar-refractivity contribution >= 4 is 86.0 Å². The molecular formula is C46H26O2S. The highest BCUT2D eigenvalue weighted by Gasteiger charge is 2.27. The van der Waals surface area contributed by atoms with E-state index in [1.54, 1.807) is 0 Å². The molecule has 8 aromatic carbocycles. The third-order valence-corrected chi connectivity index (χ3v) is 11.2. The minimum atomic E-state index is 0.812. The third-order valence-electron chi connectivity index (χ3n) is 10.1. The van der Waals surface area contributed by atoms with Gasteiger partial charge in [0.25, 0.3) is 0 Å². The van der Waals surface area contributed by atoms with E-state index in [9.17, 15) is 0 Å². The number of fused-ring (bicyclic) bond motifs is 10. The van der Waals surface area contributed by atoms with Crippen molar-refractivity contribution < 1.29 is 8.83 Å². The van der Waals surface area contributed by atoms with E-state index >= 15 is 0 Å². The molecule has 11 rings (SSSR count). The molecule has 3 heterocycles. The summed E-state index contributed by atoms with van der Waals surface area (Å²) in [6.07, 6.45) is 0. The van der Waals surface area contributed by atoms with Crippen LogP contribution in [0.15, 0.2) is 167 Å². The van der Waals surface area contributed by atoms with Crippen molar-refractivity contribution in [1.29, 1.82) is 0 Å². The largest absolute Gasteiger partial charge is 0.455 e. The van der Waals surface area contributed by atoms with Crippen LogP contribution >= 0.6 is 11.3 Å². The molecule has 0 aliphatic rings. The Balaban J connectivity index is 1.32. The average molecular weight is 643 g/mol. The Hall–Kier alpha value is -6.16. The van der Waals surface area contributed by atoms with Crippen LogP contribution in [0.4, 0.5) is 0 Å². The van der Waals surface area contributed by atoms with Crippen molar-refractivity contribution in [2.75, 3.05) is 0 Å². The van der Waals surface area contributed by atoms with E-state index in [0.717, 1.165) is 66.1 Å². The summed E-state index contributed by atoms with van der Waals surface area (Å²) in [4.78, 5) is 0. The molecule has 3 heteroatoms. The Bertz CT molecular complexity index is 3050. The van der Waals surface area contributed by atoms with Crippen molar-refractivity contribution in [3.05, 3.63) is 158 Å². The quantitative estimate of drug-likeness (QED) is 0.179. The number of thiophene rings is 1. The fourth-order valence-corrected chi connectivity index (χ4v) is 9.20. The predicted octanol–water partition coefficient (Wildman–Crippen LogP) is 14.0. The van der Waals surface area contributed by atoms with E-state index in [0.29, 0.717) is 0 Å². The predicted molar refractivity (Wildman–Crippen MR) is 208 cm³/mol. The lowest BCUT2D eigenvalue weighted by Crippen LogP contribution is -1.91. The molecule has 0 spiro atoms. The second-order valence-corrected chi connectivity index (χ2v) is 13.8. The van der Waals surface area contributed by atoms with Crippen molar-refractivity contribution in [2.45, 2.75) is 0 Å². The monoisotopic (exact) mass is 642 g/mol. The first-order valence-electron chi connectivity index (χ1n) is 16.6. The Morgan fingerprint density at radius 2 is 0.959 bits per heavy atom. The van der Waals surface area contributed by atoms with Crippen molar-refractivity contribution in [3.8, 4) is 33.6 Å². The minimum Gasteiger partial charge on any atom is -0.455 e. The van der Waals surface area contributed by atoms with Gasteiger partial charge in [0, 0.05) is 42.1 Å². The maximum atomic E-state index is 7.06. The van der Waals surface area contributed by atoms with Gasteiger partial charge in [0.15, 0.2) is 0 Å². The number of hydrogen-bond donors (Lipinski definition) is 0. The minimum absolute atomic E-state index is 0.812. The molecule has 0 aliphatic carbocycles. The molecule has 3 aromatic heterocycles. The molecule has 0 fully saturated rings. The smallest absolute Gasteiger partial charge is 0.147 e. The van der Waals surface area contributed by atoms with Gasteiger partial charge in [-0.05, 0) is 68.6 Å². The summed E-state index contributed by atoms with van der Waals surface area (Å²) in [7, 11) is 0. The fraction of sp³-hybridized carbons (Fsp3) is 0. The molecule has 0 radical (unpaired) electrons. The molecule has 0 amide bonds. The van der Waals surface area contributed by atoms with Gasteiger partial charge >= 0.3 is 0 Å². The number of rotatable bonds is 3. The Kier molecular flexibility index (Phi) is 5.57. The average Bonchev–Trinajstić information content (AvgIpc) is 3.85. The highest BCUT2D eigenvalue weighted by molar-refractivity contribution is 7.25. The fourth-order valence-electron chi connectivity index (χ4n) is 8.07. The van der Waals surface area contributed by atoms with E-state index in [2.05, 4.69) is 146 Å². The van der Waals surface area contributed by atoms with Crippen molar-refractivity contribution in [3.63, 3.8) is 0 Å². The molecule has 0 saturated heterocycles. The molecule has 0 unspecified atom stereocenters. The lowest BCUT2D eigenvalue weighted by Gasteiger charge is -2.18. The second kappa shape index (κ2) is 10.2. The van der Waals surface area contributed by atoms with Gasteiger partial charge < -0.3 is 8.83 Å². The molecule has 0 N–H and O–H groups in total. The van der Waals surface area contributed by atoms with Gasteiger partial charge in [0.1, 0.15) is 22.5 Å². The van der Waals surface area contributed by atoms with Gasteiger partial charge in [-0.2, -0.15) is 0 Å². The number of furan rings is 2. The molecule has 2 nitrogen and oxygen atoms in total. The molecule has 49 heavy (non-hydrogen) atoms. The Morgan fingerprint density at radius 1 is 0.347 bits per heavy atom. The summed E-state index contributed by atoms with van der Waals surface area (Å²) in [5.41, 5.74) is 8.29. The zero-order chi connectivity index (χ0) is 32.1. The third kappa shape index (κ3) is 3.76. The van der Waals surface area contributed by atoms with Crippen molar-refractivity contribution in [2.24, 2.45) is 0 Å². The molecule has 11 aromatic rings. The summed E-state index contributed by atoms with van der Waals surface area (Å²) in [5, 5.41) is 10.5. The van der Waals surface area contributed by atoms with Gasteiger partial charge in [-0.3, -0.25) is 0 Å². The topological polar surface area (TPSA) is 26.3 Å². The van der Waals surface area contributed by atoms with E-state index in [-0.39, 0.29) is 0 Å². The van der Waals surface area contributed by atoms with Gasteiger partial charge in [-0.15, -0.1) is 11.3 Å². The van der Waals surface area contributed by atoms with E-state index < -0.39 is 0 Å². The van der Waals surface area contributed by atoms with Gasteiger partial charge in [-0.1, -0.05) is 127 Å². The van der Waals surface area contributed by atoms with Crippen molar-refractivity contribution in [1.82, 2.24) is 0 Å². The zero-order valence-electron chi connectivity index (χ0n) is 26.2. The zero-order valence-corrected chi connectivity index (χ0v) is 27.1. The van der Waals surface area contributed by atoms with Crippen LogP contribution < -0.4 is 0 Å². The molecule has 0 saturated carbocycles. The first-order valence-corrected chi connectivity index (χ1v) is 17.4. The summed E-state index contributed by atoms with van der Waals surface area (Å²) in [5.74, 6) is 0.854. The van der Waals surface area contributed by atoms with E-state index in [1.165, 1.54) is 42.1 Å². The highest BCUT2D eigenvalue weighted by atomic mass is 32.1. The van der Waals surface area contributed by atoms with Crippen LogP contribution in [0, 0.1) is 0 Å². The van der Waals surface area contributed by atoms with Crippen LogP contribution in [0.3, 0.4) is 0 Å². The van der Waals surface area contributed by atoms with Crippen LogP contribution in [0.5, 0.6) is 0 Å². The van der Waals surface area contributed by atoms with Crippen LogP contribution in [0.25, 0.3) is 108 Å². The summed E-state index contributed by atoms with van der Waals surface area (Å²) in [6, 6.07) is 56.3. The molecular weight excluding hydrogens is 617 g/mol. The molecule has 0 bridgehead atoms. The van der Waals surface area contributed by atoms with Crippen LogP contribution in [-0.4, -0.2) is 0 Å². The normalized spacial score (nSPS) is 12.1. The maximum Gasteiger partial charge on any atom is 0.147 e. The number of benzene rings is 8. The standard InChI is InChI=1S/C46H26O2S/c1-2-13-27(14-3-1)40-44-37(26-25-33-28-15-8-10-22-36(28)47-45(33)44)48-46(40)43-31-18-6-4-16-29(31)41(30-17-5-7-19-32(30)43)35-21-12-24-39-42(35)34-20-9-11-23-38(34)49-39/h1-26H. The first-order chi connectivity index (χ1) is 24.3. The summed E-state index contributed by atoms with van der Waals surface area (Å²) >= 11 is 1.86. The summed E-state index contributed by atoms with van der Waals surface area (Å²) in [6.45, 7) is 0. The molecule has 228 valence electrons. The number of para-hydroxylation sites is 1. The first kappa shape index (κ1) is 26.9. The highest BCUT2D eigenvalue weighted by Crippen LogP contribution is 2.52. The SMILES string of the molecule is c1ccc(-c2c(-c3c4ccccc4c(-c4cccc5sc6ccccc6c45)c4ccccc34)oc3ccc4c5ccccc5oc4c23)cc1. The lowest BCUT2D eigenvalue weighted by atomic mass is 9.85. The van der Waals surface area contributed by atoms with E-state index in [1.807, 2.05) is 23.5 Å². The Morgan fingerprint density at radius 3 is 1.71 bits per heavy atom. The van der Waals surface area contributed by atoms with E-state index in [4.69, 9.17) is 8.83 Å². The van der Waals surface area contributed by atoms with Crippen LogP contribution in [0.1, 0.15) is 0 Å². The molecule has 0 atom stereocenters. The maximum absolute atomic E-state index is 7.06. The second-order valence-electron chi connectivity index (χ2n) is 12.7. The van der Waals surface area contributed by atoms with Crippen LogP contribution in [-0.2, 0) is 0 Å². The van der Waals surface area contributed by atoms with Crippen LogP contribution in [0.2, 0.25) is 0 Å². The lowest BCUT2D eigenvalue weighted by molar-refractivity contribution is 0.633. The van der Waals surface area contributed by atoms with Gasteiger partial charge in [0.2, 0.25) is 0 Å².